The monoisotopic (exact) mass is 305 g/mol. The fraction of sp³-hybridized carbons (Fsp3) is 0.600. The Hall–Kier alpha value is -1.43. The molecule has 3 nitrogen and oxygen atoms in total. The molecule has 0 aliphatic carbocycles. The molecule has 120 valence electrons. The summed E-state index contributed by atoms with van der Waals surface area (Å²) < 4.78 is 44.1. The second-order valence-corrected chi connectivity index (χ2v) is 5.13. The van der Waals surface area contributed by atoms with E-state index in [-0.39, 0.29) is 24.6 Å². The van der Waals surface area contributed by atoms with E-state index in [9.17, 15) is 18.3 Å². The molecule has 0 aromatic heterocycles. The van der Waals surface area contributed by atoms with Gasteiger partial charge < -0.3 is 15.2 Å². The lowest BCUT2D eigenvalue weighted by atomic mass is 9.83. The molecule has 21 heavy (non-hydrogen) atoms. The van der Waals surface area contributed by atoms with Crippen LogP contribution in [0.3, 0.4) is 0 Å². The number of alkyl halides is 3. The van der Waals surface area contributed by atoms with Gasteiger partial charge >= 0.3 is 6.18 Å². The maximum Gasteiger partial charge on any atom is 0.418 e. The zero-order valence-corrected chi connectivity index (χ0v) is 12.5. The van der Waals surface area contributed by atoms with Crippen molar-refractivity contribution in [3.63, 3.8) is 0 Å². The van der Waals surface area contributed by atoms with Gasteiger partial charge in [0.25, 0.3) is 0 Å². The van der Waals surface area contributed by atoms with Gasteiger partial charge in [-0.15, -0.1) is 0 Å². The Kier molecular flexibility index (Phi) is 5.89. The van der Waals surface area contributed by atoms with Crippen LogP contribution in [0.15, 0.2) is 18.2 Å². The zero-order valence-electron chi connectivity index (χ0n) is 12.5. The van der Waals surface area contributed by atoms with Gasteiger partial charge in [-0.05, 0) is 31.0 Å². The fourth-order valence-electron chi connectivity index (χ4n) is 2.10. The summed E-state index contributed by atoms with van der Waals surface area (Å²) in [6.07, 6.45) is -3.09. The van der Waals surface area contributed by atoms with Crippen LogP contribution in [0.1, 0.15) is 32.3 Å². The molecule has 1 aromatic carbocycles. The summed E-state index contributed by atoms with van der Waals surface area (Å²) in [4.78, 5) is 0. The Morgan fingerprint density at radius 1 is 1.19 bits per heavy atom. The number of aliphatic hydroxyl groups is 1. The van der Waals surface area contributed by atoms with Gasteiger partial charge in [-0.25, -0.2) is 0 Å². The van der Waals surface area contributed by atoms with Crippen molar-refractivity contribution in [2.24, 2.45) is 5.41 Å². The Bertz CT molecular complexity index is 448. The Morgan fingerprint density at radius 3 is 2.24 bits per heavy atom. The van der Waals surface area contributed by atoms with Gasteiger partial charge in [-0.2, -0.15) is 13.2 Å². The summed E-state index contributed by atoms with van der Waals surface area (Å²) >= 11 is 0. The van der Waals surface area contributed by atoms with Crippen molar-refractivity contribution in [3.05, 3.63) is 23.8 Å². The predicted molar refractivity (Wildman–Crippen MR) is 76.6 cm³/mol. The Balaban J connectivity index is 3.03. The molecule has 0 heterocycles. The van der Waals surface area contributed by atoms with E-state index in [4.69, 9.17) is 4.74 Å². The van der Waals surface area contributed by atoms with Gasteiger partial charge in [0.15, 0.2) is 0 Å². The first kappa shape index (κ1) is 17.6. The maximum absolute atomic E-state index is 13.1. The van der Waals surface area contributed by atoms with E-state index in [0.717, 1.165) is 6.07 Å². The van der Waals surface area contributed by atoms with Crippen molar-refractivity contribution in [2.75, 3.05) is 25.6 Å². The molecular weight excluding hydrogens is 283 g/mol. The lowest BCUT2D eigenvalue weighted by Gasteiger charge is -2.30. The molecule has 6 heteroatoms. The van der Waals surface area contributed by atoms with Crippen LogP contribution in [0.5, 0.6) is 5.75 Å². The molecule has 0 unspecified atom stereocenters. The summed E-state index contributed by atoms with van der Waals surface area (Å²) in [6.45, 7) is 4.05. The van der Waals surface area contributed by atoms with E-state index in [2.05, 4.69) is 5.32 Å². The van der Waals surface area contributed by atoms with Crippen LogP contribution in [-0.4, -0.2) is 25.4 Å². The highest BCUT2D eigenvalue weighted by atomic mass is 19.4. The minimum Gasteiger partial charge on any atom is -0.497 e. The number of aliphatic hydroxyl groups excluding tert-OH is 1. The number of hydrogen-bond donors (Lipinski definition) is 2. The first-order chi connectivity index (χ1) is 9.81. The molecular formula is C15H22F3NO2. The molecule has 0 spiro atoms. The SMILES string of the molecule is CCC(CC)(CO)CNc1ccc(OC)cc1C(F)(F)F. The van der Waals surface area contributed by atoms with Gasteiger partial charge in [0.2, 0.25) is 0 Å². The number of hydrogen-bond acceptors (Lipinski definition) is 3. The van der Waals surface area contributed by atoms with Crippen LogP contribution >= 0.6 is 0 Å². The third kappa shape index (κ3) is 4.27. The average molecular weight is 305 g/mol. The molecule has 0 amide bonds. The van der Waals surface area contributed by atoms with E-state index >= 15 is 0 Å². The predicted octanol–water partition coefficient (Wildman–Crippen LogP) is 3.92. The number of halogens is 3. The fourth-order valence-corrected chi connectivity index (χ4v) is 2.10. The van der Waals surface area contributed by atoms with Crippen molar-refractivity contribution < 1.29 is 23.0 Å². The molecule has 0 bridgehead atoms. The topological polar surface area (TPSA) is 41.5 Å². The van der Waals surface area contributed by atoms with Crippen LogP contribution in [0.4, 0.5) is 18.9 Å². The van der Waals surface area contributed by atoms with E-state index < -0.39 is 17.2 Å². The summed E-state index contributed by atoms with van der Waals surface area (Å²) in [5.41, 5.74) is -1.17. The smallest absolute Gasteiger partial charge is 0.418 e. The quantitative estimate of drug-likeness (QED) is 0.802. The first-order valence-electron chi connectivity index (χ1n) is 6.92. The van der Waals surface area contributed by atoms with Crippen LogP contribution in [0.25, 0.3) is 0 Å². The third-order valence-corrected chi connectivity index (χ3v) is 4.02. The van der Waals surface area contributed by atoms with E-state index in [1.54, 1.807) is 0 Å². The first-order valence-corrected chi connectivity index (χ1v) is 6.92. The largest absolute Gasteiger partial charge is 0.497 e. The molecule has 0 radical (unpaired) electrons. The van der Waals surface area contributed by atoms with E-state index in [1.165, 1.54) is 19.2 Å². The molecule has 0 fully saturated rings. The summed E-state index contributed by atoms with van der Waals surface area (Å²) in [5, 5.41) is 12.3. The number of methoxy groups -OCH3 is 1. The number of rotatable bonds is 7. The van der Waals surface area contributed by atoms with Gasteiger partial charge in [0.05, 0.1) is 19.3 Å². The van der Waals surface area contributed by atoms with E-state index in [0.29, 0.717) is 12.8 Å². The minimum absolute atomic E-state index is 0.00280. The van der Waals surface area contributed by atoms with Gasteiger partial charge in [0.1, 0.15) is 5.75 Å². The molecule has 0 saturated heterocycles. The van der Waals surface area contributed by atoms with Gasteiger partial charge in [0, 0.05) is 17.6 Å². The molecule has 0 saturated carbocycles. The number of ether oxygens (including phenoxy) is 1. The van der Waals surface area contributed by atoms with Crippen molar-refractivity contribution in [1.82, 2.24) is 0 Å². The number of benzene rings is 1. The van der Waals surface area contributed by atoms with Crippen molar-refractivity contribution >= 4 is 5.69 Å². The highest BCUT2D eigenvalue weighted by Gasteiger charge is 2.35. The van der Waals surface area contributed by atoms with E-state index in [1.807, 2.05) is 13.8 Å². The zero-order chi connectivity index (χ0) is 16.1. The number of nitrogens with one attached hydrogen (secondary N) is 1. The van der Waals surface area contributed by atoms with Crippen LogP contribution in [0.2, 0.25) is 0 Å². The minimum atomic E-state index is -4.46. The highest BCUT2D eigenvalue weighted by Crippen LogP contribution is 2.38. The molecule has 2 N–H and O–H groups in total. The van der Waals surface area contributed by atoms with Crippen molar-refractivity contribution in [1.29, 1.82) is 0 Å². The standard InChI is InChI=1S/C15H22F3NO2/c1-4-14(5-2,10-20)9-19-13-7-6-11(21-3)8-12(13)15(16,17)18/h6-8,19-20H,4-5,9-10H2,1-3H3. The molecule has 0 aliphatic rings. The lowest BCUT2D eigenvalue weighted by molar-refractivity contribution is -0.137. The second kappa shape index (κ2) is 7.02. The summed E-state index contributed by atoms with van der Waals surface area (Å²) in [6, 6.07) is 3.81. The number of anilines is 1. The highest BCUT2D eigenvalue weighted by molar-refractivity contribution is 5.55. The maximum atomic E-state index is 13.1. The second-order valence-electron chi connectivity index (χ2n) is 5.13. The summed E-state index contributed by atoms with van der Waals surface area (Å²) in [7, 11) is 1.33. The van der Waals surface area contributed by atoms with Gasteiger partial charge in [-0.1, -0.05) is 13.8 Å². The third-order valence-electron chi connectivity index (χ3n) is 4.02. The normalized spacial score (nSPS) is 12.3. The van der Waals surface area contributed by atoms with Gasteiger partial charge in [-0.3, -0.25) is 0 Å². The van der Waals surface area contributed by atoms with Crippen LogP contribution < -0.4 is 10.1 Å². The average Bonchev–Trinajstić information content (AvgIpc) is 2.48. The molecule has 1 aromatic rings. The van der Waals surface area contributed by atoms with Crippen LogP contribution in [-0.2, 0) is 6.18 Å². The summed E-state index contributed by atoms with van der Waals surface area (Å²) in [5.74, 6) is 0.160. The Morgan fingerprint density at radius 2 is 1.81 bits per heavy atom. The molecule has 1 rings (SSSR count). The lowest BCUT2D eigenvalue weighted by Crippen LogP contribution is -2.32. The molecule has 0 atom stereocenters. The Labute approximate surface area is 123 Å². The van der Waals surface area contributed by atoms with Crippen LogP contribution in [0, 0.1) is 5.41 Å². The van der Waals surface area contributed by atoms with Crippen molar-refractivity contribution in [2.45, 2.75) is 32.9 Å². The van der Waals surface area contributed by atoms with Crippen molar-refractivity contribution in [3.8, 4) is 5.75 Å². The molecule has 0 aliphatic heterocycles.